The number of rotatable bonds is 2. The van der Waals surface area contributed by atoms with Gasteiger partial charge in [-0.2, -0.15) is 4.99 Å². The van der Waals surface area contributed by atoms with Gasteiger partial charge < -0.3 is 10.3 Å². The van der Waals surface area contributed by atoms with E-state index < -0.39 is 0 Å². The van der Waals surface area contributed by atoms with Crippen LogP contribution in [0, 0.1) is 0 Å². The Morgan fingerprint density at radius 2 is 1.32 bits per heavy atom. The predicted molar refractivity (Wildman–Crippen MR) is 74.6 cm³/mol. The highest BCUT2D eigenvalue weighted by molar-refractivity contribution is 6.52. The molecule has 0 saturated carbocycles. The third kappa shape index (κ3) is 2.12. The van der Waals surface area contributed by atoms with Gasteiger partial charge in [0.15, 0.2) is 5.71 Å². The minimum absolute atomic E-state index is 0.241. The van der Waals surface area contributed by atoms with Crippen LogP contribution in [0.4, 0.5) is 0 Å². The average molecular weight is 246 g/mol. The van der Waals surface area contributed by atoms with E-state index in [1.165, 1.54) is 0 Å². The first-order valence-corrected chi connectivity index (χ1v) is 5.89. The van der Waals surface area contributed by atoms with Crippen molar-refractivity contribution in [1.29, 1.82) is 0 Å². The summed E-state index contributed by atoms with van der Waals surface area (Å²) >= 11 is 0. The van der Waals surface area contributed by atoms with Gasteiger partial charge in [-0.1, -0.05) is 48.5 Å². The Kier molecular flexibility index (Phi) is 2.85. The van der Waals surface area contributed by atoms with Crippen molar-refractivity contribution in [1.82, 2.24) is 0 Å². The van der Waals surface area contributed by atoms with Crippen molar-refractivity contribution in [3.8, 4) is 0 Å². The van der Waals surface area contributed by atoms with Crippen LogP contribution in [0.5, 0.6) is 0 Å². The number of hydrogen-bond acceptors (Lipinski definition) is 1. The Hall–Kier alpha value is -2.84. The van der Waals surface area contributed by atoms with Crippen LogP contribution in [0.2, 0.25) is 0 Å². The fourth-order valence-electron chi connectivity index (χ4n) is 1.91. The molecule has 0 spiro atoms. The lowest BCUT2D eigenvalue weighted by Crippen LogP contribution is -2.10. The lowest BCUT2D eigenvalue weighted by molar-refractivity contribution is -0.00274. The Morgan fingerprint density at radius 1 is 0.737 bits per heavy atom. The molecule has 0 aliphatic carbocycles. The van der Waals surface area contributed by atoms with Crippen molar-refractivity contribution in [2.75, 3.05) is 0 Å². The first-order valence-electron chi connectivity index (χ1n) is 5.89. The highest BCUT2D eigenvalue weighted by Gasteiger charge is 2.29. The summed E-state index contributed by atoms with van der Waals surface area (Å²) in [7, 11) is 0. The van der Waals surface area contributed by atoms with Gasteiger partial charge >= 0.3 is 5.84 Å². The molecular weight excluding hydrogens is 236 g/mol. The van der Waals surface area contributed by atoms with E-state index in [1.807, 2.05) is 60.7 Å². The molecule has 4 heteroatoms. The molecule has 19 heavy (non-hydrogen) atoms. The monoisotopic (exact) mass is 246 g/mol. The van der Waals surface area contributed by atoms with Crippen LogP contribution in [-0.2, 0) is 0 Å². The zero-order valence-corrected chi connectivity index (χ0v) is 10.1. The normalized spacial score (nSPS) is 13.8. The van der Waals surface area contributed by atoms with E-state index in [4.69, 9.17) is 5.53 Å². The molecule has 1 aliphatic rings. The van der Waals surface area contributed by atoms with Crippen LogP contribution in [-0.4, -0.2) is 22.2 Å². The molecule has 0 N–H and O–H groups in total. The molecule has 0 fully saturated rings. The molecule has 0 radical (unpaired) electrons. The quantitative estimate of drug-likeness (QED) is 0.577. The second-order valence-corrected chi connectivity index (χ2v) is 4.05. The van der Waals surface area contributed by atoms with E-state index in [0.29, 0.717) is 11.5 Å². The summed E-state index contributed by atoms with van der Waals surface area (Å²) in [6.07, 6.45) is 0. The highest BCUT2D eigenvalue weighted by Crippen LogP contribution is 2.13. The second kappa shape index (κ2) is 4.80. The number of nitrogens with zero attached hydrogens (tertiary/aromatic N) is 4. The molecule has 1 heterocycles. The van der Waals surface area contributed by atoms with Crippen LogP contribution < -0.4 is 0 Å². The molecule has 0 atom stereocenters. The van der Waals surface area contributed by atoms with Gasteiger partial charge in [0, 0.05) is 11.1 Å². The second-order valence-electron chi connectivity index (χ2n) is 4.05. The van der Waals surface area contributed by atoms with Crippen molar-refractivity contribution in [2.24, 2.45) is 9.98 Å². The Labute approximate surface area is 110 Å². The SMILES string of the molecule is [N-]=[N+]=C1N=C(c2ccccc2)N=C1c1ccccc1. The lowest BCUT2D eigenvalue weighted by Gasteiger charge is -1.94. The summed E-state index contributed by atoms with van der Waals surface area (Å²) in [6.45, 7) is 0. The van der Waals surface area contributed by atoms with Crippen LogP contribution in [0.1, 0.15) is 11.1 Å². The smallest absolute Gasteiger partial charge is 0.429 e. The van der Waals surface area contributed by atoms with Gasteiger partial charge in [0.1, 0.15) is 0 Å². The summed E-state index contributed by atoms with van der Waals surface area (Å²) < 4.78 is 0. The Balaban J connectivity index is 2.07. The molecule has 2 aromatic rings. The van der Waals surface area contributed by atoms with Crippen molar-refractivity contribution >= 4 is 17.4 Å². The molecular formula is C15H10N4. The van der Waals surface area contributed by atoms with E-state index in [2.05, 4.69) is 14.8 Å². The largest absolute Gasteiger partial charge is 0.497 e. The summed E-state index contributed by atoms with van der Waals surface area (Å²) in [5.74, 6) is 0.803. The number of benzene rings is 2. The molecule has 4 nitrogen and oxygen atoms in total. The summed E-state index contributed by atoms with van der Waals surface area (Å²) in [5.41, 5.74) is 11.4. The molecule has 1 aliphatic heterocycles. The minimum atomic E-state index is 0.241. The third-order valence-electron chi connectivity index (χ3n) is 2.82. The van der Waals surface area contributed by atoms with Gasteiger partial charge in [-0.15, -0.1) is 0 Å². The highest BCUT2D eigenvalue weighted by atomic mass is 15.1. The van der Waals surface area contributed by atoms with Crippen molar-refractivity contribution in [2.45, 2.75) is 0 Å². The van der Waals surface area contributed by atoms with E-state index in [-0.39, 0.29) is 5.84 Å². The molecule has 3 rings (SSSR count). The lowest BCUT2D eigenvalue weighted by atomic mass is 10.1. The van der Waals surface area contributed by atoms with Gasteiger partial charge in [0.2, 0.25) is 0 Å². The van der Waals surface area contributed by atoms with E-state index in [1.54, 1.807) is 0 Å². The first-order chi connectivity index (χ1) is 9.38. The maximum Gasteiger partial charge on any atom is 0.429 e. The van der Waals surface area contributed by atoms with E-state index in [0.717, 1.165) is 11.1 Å². The number of aliphatic imine (C=N–C) groups is 2. The number of hydrogen-bond donors (Lipinski definition) is 0. The average Bonchev–Trinajstić information content (AvgIpc) is 2.93. The van der Waals surface area contributed by atoms with Crippen LogP contribution >= 0.6 is 0 Å². The Morgan fingerprint density at radius 3 is 1.89 bits per heavy atom. The van der Waals surface area contributed by atoms with Crippen LogP contribution in [0.3, 0.4) is 0 Å². The molecule has 2 aromatic carbocycles. The van der Waals surface area contributed by atoms with Gasteiger partial charge in [-0.3, -0.25) is 0 Å². The maximum atomic E-state index is 9.06. The van der Waals surface area contributed by atoms with Crippen molar-refractivity contribution in [3.63, 3.8) is 0 Å². The fourth-order valence-corrected chi connectivity index (χ4v) is 1.91. The molecule has 0 aromatic heterocycles. The predicted octanol–water partition coefficient (Wildman–Crippen LogP) is 2.56. The number of amidine groups is 2. The Bertz CT molecular complexity index is 708. The molecule has 0 amide bonds. The van der Waals surface area contributed by atoms with Crippen molar-refractivity contribution in [3.05, 3.63) is 77.3 Å². The summed E-state index contributed by atoms with van der Waals surface area (Å²) in [5, 5.41) is 0. The third-order valence-corrected chi connectivity index (χ3v) is 2.82. The van der Waals surface area contributed by atoms with E-state index in [9.17, 15) is 0 Å². The molecule has 0 unspecified atom stereocenters. The molecule has 0 bridgehead atoms. The van der Waals surface area contributed by atoms with Crippen LogP contribution in [0.15, 0.2) is 70.6 Å². The van der Waals surface area contributed by atoms with Crippen molar-refractivity contribution < 1.29 is 4.79 Å². The minimum Gasteiger partial charge on any atom is -0.497 e. The topological polar surface area (TPSA) is 61.1 Å². The maximum absolute atomic E-state index is 9.06. The van der Waals surface area contributed by atoms with Gasteiger partial charge in [0.05, 0.1) is 0 Å². The zero-order valence-electron chi connectivity index (χ0n) is 10.1. The summed E-state index contributed by atoms with van der Waals surface area (Å²) in [6, 6.07) is 19.2. The van der Waals surface area contributed by atoms with Gasteiger partial charge in [-0.25, -0.2) is 0 Å². The molecule has 90 valence electrons. The van der Waals surface area contributed by atoms with Gasteiger partial charge in [-0.05, 0) is 17.1 Å². The summed E-state index contributed by atoms with van der Waals surface area (Å²) in [4.78, 5) is 11.9. The van der Waals surface area contributed by atoms with Crippen LogP contribution in [0.25, 0.3) is 5.53 Å². The first kappa shape index (κ1) is 11.3. The molecule has 0 saturated heterocycles. The van der Waals surface area contributed by atoms with Gasteiger partial charge in [0.25, 0.3) is 5.84 Å². The van der Waals surface area contributed by atoms with E-state index >= 15 is 0 Å². The fraction of sp³-hybridized carbons (Fsp3) is 0. The standard InChI is InChI=1S/C15H10N4/c16-19-15-13(11-7-3-1-4-8-11)17-14(18-15)12-9-5-2-6-10-12/h1-10H. The zero-order chi connectivity index (χ0) is 13.1.